The number of nitrogens with one attached hydrogen (secondary N) is 1. The SMILES string of the molecule is CC(NCC(c1ccco1)N(C)C)c1ccc2ccccc2c1. The quantitative estimate of drug-likeness (QED) is 0.732. The van der Waals surface area contributed by atoms with Gasteiger partial charge >= 0.3 is 0 Å². The molecule has 0 aliphatic rings. The van der Waals surface area contributed by atoms with Gasteiger partial charge < -0.3 is 9.73 Å². The first-order chi connectivity index (χ1) is 11.1. The third-order valence-corrected chi connectivity index (χ3v) is 4.39. The van der Waals surface area contributed by atoms with Crippen LogP contribution in [0.4, 0.5) is 0 Å². The van der Waals surface area contributed by atoms with E-state index in [4.69, 9.17) is 4.42 Å². The summed E-state index contributed by atoms with van der Waals surface area (Å²) < 4.78 is 5.57. The summed E-state index contributed by atoms with van der Waals surface area (Å²) in [6.07, 6.45) is 1.73. The molecule has 3 heteroatoms. The molecule has 2 atom stereocenters. The fourth-order valence-corrected chi connectivity index (χ4v) is 2.90. The van der Waals surface area contributed by atoms with Gasteiger partial charge in [0.1, 0.15) is 5.76 Å². The molecule has 0 amide bonds. The summed E-state index contributed by atoms with van der Waals surface area (Å²) in [6, 6.07) is 19.6. The van der Waals surface area contributed by atoms with Crippen LogP contribution in [0.2, 0.25) is 0 Å². The Morgan fingerprint density at radius 2 is 1.78 bits per heavy atom. The third-order valence-electron chi connectivity index (χ3n) is 4.39. The number of nitrogens with zero attached hydrogens (tertiary/aromatic N) is 1. The molecule has 1 N–H and O–H groups in total. The summed E-state index contributed by atoms with van der Waals surface area (Å²) in [5.41, 5.74) is 1.31. The number of fused-ring (bicyclic) bond motifs is 1. The van der Waals surface area contributed by atoms with Gasteiger partial charge in [0, 0.05) is 12.6 Å². The van der Waals surface area contributed by atoms with Gasteiger partial charge in [-0.3, -0.25) is 4.90 Å². The third kappa shape index (κ3) is 3.63. The number of furan rings is 1. The molecule has 2 aromatic carbocycles. The first-order valence-electron chi connectivity index (χ1n) is 8.07. The number of hydrogen-bond donors (Lipinski definition) is 1. The minimum atomic E-state index is 0.230. The average Bonchev–Trinajstić information content (AvgIpc) is 3.08. The van der Waals surface area contributed by atoms with E-state index in [-0.39, 0.29) is 12.1 Å². The van der Waals surface area contributed by atoms with Gasteiger partial charge in [-0.1, -0.05) is 36.4 Å². The van der Waals surface area contributed by atoms with E-state index >= 15 is 0 Å². The zero-order valence-electron chi connectivity index (χ0n) is 14.0. The van der Waals surface area contributed by atoms with Crippen molar-refractivity contribution in [3.63, 3.8) is 0 Å². The van der Waals surface area contributed by atoms with E-state index in [2.05, 4.69) is 73.7 Å². The second-order valence-corrected chi connectivity index (χ2v) is 6.23. The van der Waals surface area contributed by atoms with Gasteiger partial charge in [-0.2, -0.15) is 0 Å². The molecule has 0 saturated carbocycles. The van der Waals surface area contributed by atoms with Crippen LogP contribution in [0.1, 0.15) is 30.3 Å². The molecule has 1 heterocycles. The molecule has 23 heavy (non-hydrogen) atoms. The molecule has 1 aromatic heterocycles. The molecule has 0 bridgehead atoms. The van der Waals surface area contributed by atoms with Gasteiger partial charge in [0.2, 0.25) is 0 Å². The highest BCUT2D eigenvalue weighted by atomic mass is 16.3. The minimum Gasteiger partial charge on any atom is -0.468 e. The fraction of sp³-hybridized carbons (Fsp3) is 0.300. The number of rotatable bonds is 6. The number of hydrogen-bond acceptors (Lipinski definition) is 3. The van der Waals surface area contributed by atoms with Crippen LogP contribution in [0.3, 0.4) is 0 Å². The molecular formula is C20H24N2O. The maximum atomic E-state index is 5.57. The summed E-state index contributed by atoms with van der Waals surface area (Å²) in [7, 11) is 4.16. The monoisotopic (exact) mass is 308 g/mol. The maximum Gasteiger partial charge on any atom is 0.122 e. The highest BCUT2D eigenvalue weighted by molar-refractivity contribution is 5.83. The van der Waals surface area contributed by atoms with Gasteiger partial charge in [-0.25, -0.2) is 0 Å². The van der Waals surface area contributed by atoms with Crippen molar-refractivity contribution in [2.24, 2.45) is 0 Å². The van der Waals surface area contributed by atoms with Crippen molar-refractivity contribution >= 4 is 10.8 Å². The highest BCUT2D eigenvalue weighted by Gasteiger charge is 2.18. The van der Waals surface area contributed by atoms with Crippen molar-refractivity contribution < 1.29 is 4.42 Å². The maximum absolute atomic E-state index is 5.57. The summed E-state index contributed by atoms with van der Waals surface area (Å²) in [5, 5.41) is 6.20. The summed E-state index contributed by atoms with van der Waals surface area (Å²) in [5.74, 6) is 0.994. The Bertz CT molecular complexity index is 749. The van der Waals surface area contributed by atoms with Gasteiger partial charge in [0.05, 0.1) is 12.3 Å². The number of benzene rings is 2. The lowest BCUT2D eigenvalue weighted by Crippen LogP contribution is -2.32. The predicted molar refractivity (Wildman–Crippen MR) is 95.5 cm³/mol. The molecule has 3 rings (SSSR count). The lowest BCUT2D eigenvalue weighted by atomic mass is 10.0. The summed E-state index contributed by atoms with van der Waals surface area (Å²) in [4.78, 5) is 2.18. The van der Waals surface area contributed by atoms with Crippen molar-refractivity contribution in [2.45, 2.75) is 19.0 Å². The van der Waals surface area contributed by atoms with Crippen LogP contribution in [0, 0.1) is 0 Å². The largest absolute Gasteiger partial charge is 0.468 e. The lowest BCUT2D eigenvalue weighted by molar-refractivity contribution is 0.245. The zero-order valence-corrected chi connectivity index (χ0v) is 14.0. The van der Waals surface area contributed by atoms with Gasteiger partial charge in [0.15, 0.2) is 0 Å². The van der Waals surface area contributed by atoms with Crippen LogP contribution in [0.15, 0.2) is 65.3 Å². The van der Waals surface area contributed by atoms with Crippen LogP contribution < -0.4 is 5.32 Å². The van der Waals surface area contributed by atoms with Crippen LogP contribution >= 0.6 is 0 Å². The molecule has 0 spiro atoms. The highest BCUT2D eigenvalue weighted by Crippen LogP contribution is 2.22. The van der Waals surface area contributed by atoms with Gasteiger partial charge in [-0.05, 0) is 55.6 Å². The Labute approximate surface area is 137 Å². The van der Waals surface area contributed by atoms with E-state index < -0.39 is 0 Å². The van der Waals surface area contributed by atoms with E-state index in [0.717, 1.165) is 12.3 Å². The van der Waals surface area contributed by atoms with Crippen LogP contribution in [0.5, 0.6) is 0 Å². The second kappa shape index (κ2) is 6.99. The summed E-state index contributed by atoms with van der Waals surface area (Å²) >= 11 is 0. The Morgan fingerprint density at radius 1 is 1.00 bits per heavy atom. The topological polar surface area (TPSA) is 28.4 Å². The first-order valence-corrected chi connectivity index (χ1v) is 8.07. The van der Waals surface area contributed by atoms with Gasteiger partial charge in [-0.15, -0.1) is 0 Å². The minimum absolute atomic E-state index is 0.230. The Kier molecular flexibility index (Phi) is 4.79. The molecule has 120 valence electrons. The number of likely N-dealkylation sites (N-methyl/N-ethyl adjacent to an activating group) is 1. The average molecular weight is 308 g/mol. The van der Waals surface area contributed by atoms with Crippen molar-refractivity contribution in [3.8, 4) is 0 Å². The Hall–Kier alpha value is -2.10. The molecule has 0 aliphatic carbocycles. The van der Waals surface area contributed by atoms with Crippen molar-refractivity contribution in [1.82, 2.24) is 10.2 Å². The first kappa shape index (κ1) is 15.8. The standard InChI is InChI=1S/C20H24N2O/c1-15(17-11-10-16-7-4-5-8-18(16)13-17)21-14-19(22(2)3)20-9-6-12-23-20/h4-13,15,19,21H,14H2,1-3H3. The van der Waals surface area contributed by atoms with Crippen LogP contribution in [-0.4, -0.2) is 25.5 Å². The lowest BCUT2D eigenvalue weighted by Gasteiger charge is -2.25. The van der Waals surface area contributed by atoms with Crippen molar-refractivity contribution in [3.05, 3.63) is 72.2 Å². The smallest absolute Gasteiger partial charge is 0.122 e. The van der Waals surface area contributed by atoms with E-state index in [1.807, 2.05) is 12.1 Å². The van der Waals surface area contributed by atoms with E-state index in [9.17, 15) is 0 Å². The van der Waals surface area contributed by atoms with Crippen molar-refractivity contribution in [1.29, 1.82) is 0 Å². The van der Waals surface area contributed by atoms with Crippen molar-refractivity contribution in [2.75, 3.05) is 20.6 Å². The van der Waals surface area contributed by atoms with E-state index in [0.29, 0.717) is 0 Å². The molecule has 3 aromatic rings. The Balaban J connectivity index is 1.71. The van der Waals surface area contributed by atoms with Crippen LogP contribution in [-0.2, 0) is 0 Å². The predicted octanol–water partition coefficient (Wildman–Crippen LogP) is 4.39. The summed E-state index contributed by atoms with van der Waals surface area (Å²) in [6.45, 7) is 3.05. The normalized spacial score (nSPS) is 14.3. The van der Waals surface area contributed by atoms with Crippen LogP contribution in [0.25, 0.3) is 10.8 Å². The fourth-order valence-electron chi connectivity index (χ4n) is 2.90. The van der Waals surface area contributed by atoms with Gasteiger partial charge in [0.25, 0.3) is 0 Å². The Morgan fingerprint density at radius 3 is 2.48 bits per heavy atom. The molecule has 3 nitrogen and oxygen atoms in total. The molecule has 0 radical (unpaired) electrons. The molecule has 0 saturated heterocycles. The molecule has 2 unspecified atom stereocenters. The van der Waals surface area contributed by atoms with E-state index in [1.54, 1.807) is 6.26 Å². The zero-order chi connectivity index (χ0) is 16.2. The molecule has 0 aliphatic heterocycles. The van der Waals surface area contributed by atoms with E-state index in [1.165, 1.54) is 16.3 Å². The molecular weight excluding hydrogens is 284 g/mol. The second-order valence-electron chi connectivity index (χ2n) is 6.23. The molecule has 0 fully saturated rings.